The van der Waals surface area contributed by atoms with E-state index >= 15 is 0 Å². The van der Waals surface area contributed by atoms with Crippen LogP contribution in [0, 0.1) is 0 Å². The Bertz CT molecular complexity index is 1240. The van der Waals surface area contributed by atoms with Crippen LogP contribution >= 0.6 is 22.9 Å². The van der Waals surface area contributed by atoms with Gasteiger partial charge in [0, 0.05) is 13.1 Å². The fraction of sp³-hybridized carbons (Fsp3) is 0.211. The molecular weight excluding hydrogens is 464 g/mol. The molecule has 1 aliphatic heterocycles. The minimum atomic E-state index is -4.27. The predicted octanol–water partition coefficient (Wildman–Crippen LogP) is 2.93. The average molecular weight is 481 g/mol. The zero-order chi connectivity index (χ0) is 22.2. The van der Waals surface area contributed by atoms with Crippen LogP contribution in [0.15, 0.2) is 42.5 Å². The summed E-state index contributed by atoms with van der Waals surface area (Å²) < 4.78 is 31.3. The lowest BCUT2D eigenvalue weighted by Gasteiger charge is -2.28. The lowest BCUT2D eigenvalue weighted by molar-refractivity contribution is 0.0891. The molecule has 0 spiro atoms. The van der Waals surface area contributed by atoms with E-state index in [1.54, 1.807) is 18.2 Å². The van der Waals surface area contributed by atoms with Gasteiger partial charge in [-0.15, -0.1) is 0 Å². The van der Waals surface area contributed by atoms with Crippen molar-refractivity contribution in [1.82, 2.24) is 14.6 Å². The first kappa shape index (κ1) is 21.5. The summed E-state index contributed by atoms with van der Waals surface area (Å²) in [5.74, 6) is -0.748. The number of carbonyl (C=O) groups is 2. The van der Waals surface area contributed by atoms with Gasteiger partial charge >= 0.3 is 6.03 Å². The summed E-state index contributed by atoms with van der Waals surface area (Å²) in [4.78, 5) is 30.1. The highest BCUT2D eigenvalue weighted by Crippen LogP contribution is 2.28. The summed E-state index contributed by atoms with van der Waals surface area (Å²) in [5.41, 5.74) is 0.467. The summed E-state index contributed by atoms with van der Waals surface area (Å²) in [6.07, 6.45) is 0.703. The fourth-order valence-electron chi connectivity index (χ4n) is 2.85. The van der Waals surface area contributed by atoms with Crippen LogP contribution in [0.4, 0.5) is 9.93 Å². The van der Waals surface area contributed by atoms with Gasteiger partial charge in [0.2, 0.25) is 10.0 Å². The second-order valence-corrected chi connectivity index (χ2v) is 10.1. The van der Waals surface area contributed by atoms with Crippen molar-refractivity contribution in [2.24, 2.45) is 0 Å². The number of hydrogen-bond donors (Lipinski definition) is 2. The number of fused-ring (bicyclic) bond motifs is 1. The zero-order valence-corrected chi connectivity index (χ0v) is 18.6. The maximum atomic E-state index is 13.1. The topological polar surface area (TPSA) is 118 Å². The average Bonchev–Trinajstić information content (AvgIpc) is 3.06. The Morgan fingerprint density at radius 2 is 2.00 bits per heavy atom. The molecule has 3 amide bonds. The number of nitrogens with zero attached hydrogens (tertiary/aromatic N) is 2. The molecule has 1 saturated heterocycles. The van der Waals surface area contributed by atoms with Crippen molar-refractivity contribution < 1.29 is 22.7 Å². The van der Waals surface area contributed by atoms with Crippen molar-refractivity contribution in [3.8, 4) is 5.75 Å². The summed E-state index contributed by atoms with van der Waals surface area (Å²) in [7, 11) is -4.27. The molecular formula is C19H17ClN4O5S2. The number of carbonyl (C=O) groups excluding carboxylic acids is 2. The number of ether oxygens (including phenoxy) is 1. The highest BCUT2D eigenvalue weighted by molar-refractivity contribution is 7.89. The van der Waals surface area contributed by atoms with Crippen LogP contribution in [-0.4, -0.2) is 55.1 Å². The van der Waals surface area contributed by atoms with Crippen molar-refractivity contribution in [3.63, 3.8) is 0 Å². The van der Waals surface area contributed by atoms with Crippen LogP contribution in [0.1, 0.15) is 10.4 Å². The number of halogens is 1. The monoisotopic (exact) mass is 480 g/mol. The maximum Gasteiger partial charge on any atom is 0.344 e. The van der Waals surface area contributed by atoms with Crippen LogP contribution < -0.4 is 15.4 Å². The molecule has 0 aliphatic carbocycles. The van der Waals surface area contributed by atoms with Gasteiger partial charge in [0.1, 0.15) is 11.9 Å². The minimum absolute atomic E-state index is 0.00878. The molecule has 4 rings (SSSR count). The van der Waals surface area contributed by atoms with E-state index in [4.69, 9.17) is 16.3 Å². The quantitative estimate of drug-likeness (QED) is 0.576. The van der Waals surface area contributed by atoms with Crippen LogP contribution in [0.3, 0.4) is 0 Å². The number of urea groups is 1. The van der Waals surface area contributed by atoms with Gasteiger partial charge in [0.15, 0.2) is 5.13 Å². The number of hydrogen-bond acceptors (Lipinski definition) is 8. The lowest BCUT2D eigenvalue weighted by atomic mass is 10.2. The van der Waals surface area contributed by atoms with E-state index in [2.05, 4.69) is 15.6 Å². The zero-order valence-electron chi connectivity index (χ0n) is 16.2. The van der Waals surface area contributed by atoms with Gasteiger partial charge in [-0.05, 0) is 30.3 Å². The molecule has 1 aliphatic rings. The number of anilines is 1. The van der Waals surface area contributed by atoms with Gasteiger partial charge in [-0.2, -0.15) is 4.31 Å². The summed E-state index contributed by atoms with van der Waals surface area (Å²) in [5, 5.41) is 5.59. The Morgan fingerprint density at radius 1 is 1.26 bits per heavy atom. The first-order valence-electron chi connectivity index (χ1n) is 9.10. The highest BCUT2D eigenvalue weighted by atomic mass is 35.5. The summed E-state index contributed by atoms with van der Waals surface area (Å²) in [6.45, 7) is 1.32. The smallest absolute Gasteiger partial charge is 0.344 e. The number of rotatable bonds is 5. The second-order valence-electron chi connectivity index (χ2n) is 6.79. The first-order valence-corrected chi connectivity index (χ1v) is 12.1. The number of aromatic nitrogens is 1. The van der Waals surface area contributed by atoms with Crippen LogP contribution in [0.5, 0.6) is 5.75 Å². The van der Waals surface area contributed by atoms with Crippen molar-refractivity contribution in [1.29, 1.82) is 0 Å². The molecule has 2 heterocycles. The third-order valence-corrected chi connectivity index (χ3v) is 6.70. The third-order valence-electron chi connectivity index (χ3n) is 4.42. The predicted molar refractivity (Wildman–Crippen MR) is 118 cm³/mol. The van der Waals surface area contributed by atoms with Gasteiger partial charge in [-0.1, -0.05) is 35.1 Å². The Morgan fingerprint density at radius 3 is 2.65 bits per heavy atom. The van der Waals surface area contributed by atoms with E-state index in [-0.39, 0.29) is 26.1 Å². The minimum Gasteiger partial charge on any atom is -0.488 e. The number of amides is 3. The molecule has 9 nitrogen and oxygen atoms in total. The van der Waals surface area contributed by atoms with Gasteiger partial charge in [0.05, 0.1) is 27.1 Å². The molecule has 0 unspecified atom stereocenters. The van der Waals surface area contributed by atoms with Gasteiger partial charge in [-0.25, -0.2) is 18.2 Å². The molecule has 0 atom stereocenters. The molecule has 3 aromatic rings. The Kier molecular flexibility index (Phi) is 5.84. The molecule has 31 heavy (non-hydrogen) atoms. The van der Waals surface area contributed by atoms with Crippen molar-refractivity contribution >= 4 is 60.2 Å². The first-order chi connectivity index (χ1) is 14.7. The molecule has 2 aromatic carbocycles. The standard InChI is InChI=1S/C19H17ClN4O5S2/c1-31(27,28)24(19(26)23-18-22-15-4-2-3-5-16(15)30-18)17(25)13-8-11(6-7-14(13)20)29-12-9-21-10-12/h2-8,12,21H,9-10H2,1H3,(H,22,23,26). The van der Waals surface area contributed by atoms with Crippen LogP contribution in [0.2, 0.25) is 5.02 Å². The highest BCUT2D eigenvalue weighted by Gasteiger charge is 2.34. The van der Waals surface area contributed by atoms with E-state index in [0.29, 0.717) is 24.4 Å². The SMILES string of the molecule is CS(=O)(=O)N(C(=O)Nc1nc2ccccc2s1)C(=O)c1cc(OC2CNC2)ccc1Cl. The number of sulfonamides is 1. The Hall–Kier alpha value is -2.73. The molecule has 162 valence electrons. The van der Waals surface area contributed by atoms with Gasteiger partial charge in [0.25, 0.3) is 5.91 Å². The number of imide groups is 1. The second kappa shape index (κ2) is 8.42. The van der Waals surface area contributed by atoms with E-state index in [1.807, 2.05) is 12.1 Å². The van der Waals surface area contributed by atoms with E-state index < -0.39 is 22.0 Å². The number of para-hydroxylation sites is 1. The molecule has 0 radical (unpaired) electrons. The Labute approximate surface area is 187 Å². The Balaban J connectivity index is 1.62. The molecule has 1 aromatic heterocycles. The number of nitrogens with one attached hydrogen (secondary N) is 2. The summed E-state index contributed by atoms with van der Waals surface area (Å²) in [6, 6.07) is 10.3. The molecule has 2 N–H and O–H groups in total. The molecule has 12 heteroatoms. The maximum absolute atomic E-state index is 13.1. The normalized spacial score (nSPS) is 14.1. The molecule has 1 fully saturated rings. The van der Waals surface area contributed by atoms with Crippen molar-refractivity contribution in [3.05, 3.63) is 53.1 Å². The lowest BCUT2D eigenvalue weighted by Crippen LogP contribution is -2.50. The van der Waals surface area contributed by atoms with Gasteiger partial charge < -0.3 is 10.1 Å². The number of thiazole rings is 1. The van der Waals surface area contributed by atoms with Crippen LogP contribution in [-0.2, 0) is 10.0 Å². The largest absolute Gasteiger partial charge is 0.488 e. The summed E-state index contributed by atoms with van der Waals surface area (Å²) >= 11 is 7.29. The molecule has 0 bridgehead atoms. The van der Waals surface area contributed by atoms with E-state index in [0.717, 1.165) is 22.3 Å². The third kappa shape index (κ3) is 4.64. The fourth-order valence-corrected chi connectivity index (χ4v) is 4.65. The van der Waals surface area contributed by atoms with Gasteiger partial charge in [-0.3, -0.25) is 10.1 Å². The number of benzene rings is 2. The van der Waals surface area contributed by atoms with Crippen molar-refractivity contribution in [2.75, 3.05) is 24.7 Å². The van der Waals surface area contributed by atoms with E-state index in [9.17, 15) is 18.0 Å². The van der Waals surface area contributed by atoms with Crippen molar-refractivity contribution in [2.45, 2.75) is 6.10 Å². The van der Waals surface area contributed by atoms with E-state index in [1.165, 1.54) is 12.1 Å². The van der Waals surface area contributed by atoms with Crippen LogP contribution in [0.25, 0.3) is 10.2 Å². The molecule has 0 saturated carbocycles.